The van der Waals surface area contributed by atoms with Gasteiger partial charge in [-0.3, -0.25) is 0 Å². The molecule has 0 unspecified atom stereocenters. The van der Waals surface area contributed by atoms with Crippen molar-refractivity contribution >= 4 is 0 Å². The van der Waals surface area contributed by atoms with Crippen LogP contribution in [0.4, 0.5) is 0 Å². The summed E-state index contributed by atoms with van der Waals surface area (Å²) in [6.07, 6.45) is 0. The summed E-state index contributed by atoms with van der Waals surface area (Å²) in [5.41, 5.74) is 4.81. The second-order valence-electron chi connectivity index (χ2n) is 4.37. The minimum absolute atomic E-state index is 0.811. The molecule has 1 aromatic carbocycles. The summed E-state index contributed by atoms with van der Waals surface area (Å²) in [7, 11) is 4.02. The van der Waals surface area contributed by atoms with Crippen LogP contribution in [-0.4, -0.2) is 16.6 Å². The highest BCUT2D eigenvalue weighted by Crippen LogP contribution is 2.24. The maximum atomic E-state index is 4.73. The van der Waals surface area contributed by atoms with Crippen LogP contribution in [-0.2, 0) is 13.6 Å². The van der Waals surface area contributed by atoms with Crippen LogP contribution in [0.15, 0.2) is 24.3 Å². The van der Waals surface area contributed by atoms with Gasteiger partial charge in [-0.1, -0.05) is 24.3 Å². The van der Waals surface area contributed by atoms with E-state index in [1.54, 1.807) is 0 Å². The molecule has 3 nitrogen and oxygen atoms in total. The lowest BCUT2D eigenvalue weighted by molar-refractivity contribution is 0.783. The smallest absolute Gasteiger partial charge is 0.140 e. The Labute approximate surface area is 103 Å². The Bertz CT molecular complexity index is 526. The van der Waals surface area contributed by atoms with Crippen LogP contribution >= 0.6 is 0 Å². The van der Waals surface area contributed by atoms with E-state index in [1.807, 2.05) is 7.05 Å². The van der Waals surface area contributed by atoms with E-state index in [4.69, 9.17) is 4.98 Å². The topological polar surface area (TPSA) is 29.9 Å². The van der Waals surface area contributed by atoms with Crippen LogP contribution < -0.4 is 5.32 Å². The van der Waals surface area contributed by atoms with E-state index in [0.717, 1.165) is 18.1 Å². The number of nitrogens with one attached hydrogen (secondary N) is 1. The van der Waals surface area contributed by atoms with Crippen LogP contribution in [0.1, 0.15) is 17.0 Å². The van der Waals surface area contributed by atoms with Gasteiger partial charge in [-0.2, -0.15) is 0 Å². The fraction of sp³-hybridized carbons (Fsp3) is 0.357. The van der Waals surface area contributed by atoms with Crippen molar-refractivity contribution in [3.8, 4) is 11.4 Å². The third-order valence-electron chi connectivity index (χ3n) is 3.21. The van der Waals surface area contributed by atoms with E-state index in [0.29, 0.717) is 0 Å². The van der Waals surface area contributed by atoms with Gasteiger partial charge in [-0.05, 0) is 26.5 Å². The van der Waals surface area contributed by atoms with Crippen molar-refractivity contribution < 1.29 is 0 Å². The minimum Gasteiger partial charge on any atom is -0.331 e. The van der Waals surface area contributed by atoms with Gasteiger partial charge in [0.05, 0.1) is 5.69 Å². The summed E-state index contributed by atoms with van der Waals surface area (Å²) in [6, 6.07) is 8.37. The van der Waals surface area contributed by atoms with Gasteiger partial charge < -0.3 is 9.88 Å². The summed E-state index contributed by atoms with van der Waals surface area (Å²) >= 11 is 0. The van der Waals surface area contributed by atoms with Gasteiger partial charge in [-0.25, -0.2) is 4.98 Å². The van der Waals surface area contributed by atoms with E-state index in [-0.39, 0.29) is 0 Å². The van der Waals surface area contributed by atoms with E-state index >= 15 is 0 Å². The highest BCUT2D eigenvalue weighted by molar-refractivity contribution is 5.61. The molecule has 0 atom stereocenters. The maximum Gasteiger partial charge on any atom is 0.140 e. The van der Waals surface area contributed by atoms with Crippen molar-refractivity contribution in [2.45, 2.75) is 20.4 Å². The first kappa shape index (κ1) is 11.9. The lowest BCUT2D eigenvalue weighted by Crippen LogP contribution is -2.07. The van der Waals surface area contributed by atoms with E-state index < -0.39 is 0 Å². The third-order valence-corrected chi connectivity index (χ3v) is 3.21. The van der Waals surface area contributed by atoms with Gasteiger partial charge in [0.2, 0.25) is 0 Å². The second kappa shape index (κ2) is 4.72. The summed E-state index contributed by atoms with van der Waals surface area (Å²) < 4.78 is 2.16. The quantitative estimate of drug-likeness (QED) is 0.876. The molecule has 0 saturated carbocycles. The second-order valence-corrected chi connectivity index (χ2v) is 4.37. The third kappa shape index (κ3) is 2.11. The molecule has 0 amide bonds. The normalized spacial score (nSPS) is 10.8. The number of aryl methyl sites for hydroxylation is 1. The lowest BCUT2D eigenvalue weighted by atomic mass is 10.1. The number of aromatic nitrogens is 2. The molecule has 0 aliphatic rings. The van der Waals surface area contributed by atoms with Crippen molar-refractivity contribution in [3.05, 3.63) is 41.2 Å². The van der Waals surface area contributed by atoms with Crippen LogP contribution in [0.25, 0.3) is 11.4 Å². The molecule has 17 heavy (non-hydrogen) atoms. The van der Waals surface area contributed by atoms with Gasteiger partial charge in [0, 0.05) is 24.8 Å². The zero-order chi connectivity index (χ0) is 12.4. The summed E-state index contributed by atoms with van der Waals surface area (Å²) in [6.45, 7) is 5.05. The lowest BCUT2D eigenvalue weighted by Gasteiger charge is -2.05. The SMILES string of the molecule is CNCc1nc(-c2ccccc2C)n(C)c1C. The molecular formula is C14H19N3. The molecular weight excluding hydrogens is 210 g/mol. The largest absolute Gasteiger partial charge is 0.331 e. The Morgan fingerprint density at radius 2 is 1.94 bits per heavy atom. The zero-order valence-corrected chi connectivity index (χ0v) is 10.9. The molecule has 0 saturated heterocycles. The molecule has 0 bridgehead atoms. The van der Waals surface area contributed by atoms with Crippen molar-refractivity contribution in [2.75, 3.05) is 7.05 Å². The molecule has 2 rings (SSSR count). The van der Waals surface area contributed by atoms with Crippen LogP contribution in [0, 0.1) is 13.8 Å². The van der Waals surface area contributed by atoms with Crippen LogP contribution in [0.3, 0.4) is 0 Å². The highest BCUT2D eigenvalue weighted by Gasteiger charge is 2.13. The number of nitrogens with zero attached hydrogens (tertiary/aromatic N) is 2. The summed E-state index contributed by atoms with van der Waals surface area (Å²) in [5, 5.41) is 3.16. The Morgan fingerprint density at radius 1 is 1.24 bits per heavy atom. The Kier molecular flexibility index (Phi) is 3.29. The number of hydrogen-bond donors (Lipinski definition) is 1. The van der Waals surface area contributed by atoms with Gasteiger partial charge in [0.1, 0.15) is 5.82 Å². The highest BCUT2D eigenvalue weighted by atomic mass is 15.1. The van der Waals surface area contributed by atoms with Crippen LogP contribution in [0.2, 0.25) is 0 Å². The molecule has 0 spiro atoms. The summed E-state index contributed by atoms with van der Waals surface area (Å²) in [5.74, 6) is 1.05. The predicted octanol–water partition coefficient (Wildman–Crippen LogP) is 2.42. The number of benzene rings is 1. The molecule has 90 valence electrons. The number of hydrogen-bond acceptors (Lipinski definition) is 2. The van der Waals surface area contributed by atoms with Gasteiger partial charge >= 0.3 is 0 Å². The minimum atomic E-state index is 0.811. The molecule has 2 aromatic rings. The Hall–Kier alpha value is -1.61. The van der Waals surface area contributed by atoms with E-state index in [2.05, 4.69) is 55.0 Å². The molecule has 3 heteroatoms. The van der Waals surface area contributed by atoms with Gasteiger partial charge in [0.25, 0.3) is 0 Å². The van der Waals surface area contributed by atoms with Gasteiger partial charge in [0.15, 0.2) is 0 Å². The average molecular weight is 229 g/mol. The number of imidazole rings is 1. The van der Waals surface area contributed by atoms with Crippen molar-refractivity contribution in [1.29, 1.82) is 0 Å². The van der Waals surface area contributed by atoms with Crippen molar-refractivity contribution in [2.24, 2.45) is 7.05 Å². The summed E-state index contributed by atoms with van der Waals surface area (Å²) in [4.78, 5) is 4.73. The fourth-order valence-electron chi connectivity index (χ4n) is 2.04. The van der Waals surface area contributed by atoms with Crippen LogP contribution in [0.5, 0.6) is 0 Å². The predicted molar refractivity (Wildman–Crippen MR) is 70.9 cm³/mol. The first-order chi connectivity index (χ1) is 8.15. The number of rotatable bonds is 3. The fourth-order valence-corrected chi connectivity index (χ4v) is 2.04. The zero-order valence-electron chi connectivity index (χ0n) is 10.9. The monoisotopic (exact) mass is 229 g/mol. The Balaban J connectivity index is 2.53. The van der Waals surface area contributed by atoms with E-state index in [1.165, 1.54) is 16.8 Å². The van der Waals surface area contributed by atoms with E-state index in [9.17, 15) is 0 Å². The molecule has 0 fully saturated rings. The van der Waals surface area contributed by atoms with Crippen molar-refractivity contribution in [3.63, 3.8) is 0 Å². The molecule has 0 radical (unpaired) electrons. The molecule has 1 N–H and O–H groups in total. The molecule has 1 heterocycles. The van der Waals surface area contributed by atoms with Crippen molar-refractivity contribution in [1.82, 2.24) is 14.9 Å². The molecule has 1 aromatic heterocycles. The van der Waals surface area contributed by atoms with Gasteiger partial charge in [-0.15, -0.1) is 0 Å². The maximum absolute atomic E-state index is 4.73. The Morgan fingerprint density at radius 3 is 2.59 bits per heavy atom. The average Bonchev–Trinajstić information content (AvgIpc) is 2.59. The first-order valence-electron chi connectivity index (χ1n) is 5.88. The molecule has 0 aliphatic carbocycles. The molecule has 0 aliphatic heterocycles. The standard InChI is InChI=1S/C14H19N3/c1-10-7-5-6-8-12(10)14-16-13(9-15-3)11(2)17(14)4/h5-8,15H,9H2,1-4H3. The first-order valence-corrected chi connectivity index (χ1v) is 5.88.